The molecule has 0 bridgehead atoms. The second-order valence-corrected chi connectivity index (χ2v) is 6.47. The van der Waals surface area contributed by atoms with Crippen LogP contribution in [0.15, 0.2) is 24.3 Å². The van der Waals surface area contributed by atoms with E-state index in [1.165, 1.54) is 23.6 Å². The van der Waals surface area contributed by atoms with Crippen LogP contribution < -0.4 is 0 Å². The molecule has 0 fully saturated rings. The average molecular weight is 372 g/mol. The SMILES string of the molecule is COC(=O)[C@H]1Cc2ccccc2CN1C(=O)Cn1nc(C)c([N+](=O)[O-])c1C. The van der Waals surface area contributed by atoms with E-state index >= 15 is 0 Å². The van der Waals surface area contributed by atoms with Crippen molar-refractivity contribution in [3.63, 3.8) is 0 Å². The number of hydrogen-bond donors (Lipinski definition) is 0. The molecule has 1 aromatic carbocycles. The lowest BCUT2D eigenvalue weighted by Gasteiger charge is -2.35. The van der Waals surface area contributed by atoms with Gasteiger partial charge in [-0.1, -0.05) is 24.3 Å². The summed E-state index contributed by atoms with van der Waals surface area (Å²) < 4.78 is 6.18. The van der Waals surface area contributed by atoms with E-state index in [1.54, 1.807) is 6.92 Å². The summed E-state index contributed by atoms with van der Waals surface area (Å²) in [5.41, 5.74) is 2.41. The summed E-state index contributed by atoms with van der Waals surface area (Å²) in [6.07, 6.45) is 0.367. The van der Waals surface area contributed by atoms with E-state index in [-0.39, 0.29) is 30.4 Å². The van der Waals surface area contributed by atoms with Gasteiger partial charge in [-0.25, -0.2) is 4.79 Å². The van der Waals surface area contributed by atoms with E-state index in [0.717, 1.165) is 11.1 Å². The third kappa shape index (κ3) is 3.40. The van der Waals surface area contributed by atoms with Crippen LogP contribution in [0.2, 0.25) is 0 Å². The quantitative estimate of drug-likeness (QED) is 0.458. The van der Waals surface area contributed by atoms with Gasteiger partial charge in [0.05, 0.1) is 12.0 Å². The Morgan fingerprint density at radius 3 is 2.56 bits per heavy atom. The molecule has 0 saturated carbocycles. The fourth-order valence-corrected chi connectivity index (χ4v) is 3.46. The van der Waals surface area contributed by atoms with E-state index in [9.17, 15) is 19.7 Å². The maximum atomic E-state index is 12.9. The topological polar surface area (TPSA) is 108 Å². The number of benzene rings is 1. The maximum absolute atomic E-state index is 12.9. The number of nitro groups is 1. The van der Waals surface area contributed by atoms with Crippen molar-refractivity contribution >= 4 is 17.6 Å². The molecule has 1 atom stereocenters. The molecule has 27 heavy (non-hydrogen) atoms. The molecule has 1 aromatic heterocycles. The molecule has 1 aliphatic rings. The van der Waals surface area contributed by atoms with Crippen LogP contribution in [0.5, 0.6) is 0 Å². The fraction of sp³-hybridized carbons (Fsp3) is 0.389. The van der Waals surface area contributed by atoms with Crippen LogP contribution in [-0.2, 0) is 33.8 Å². The van der Waals surface area contributed by atoms with Gasteiger partial charge in [-0.15, -0.1) is 0 Å². The smallest absolute Gasteiger partial charge is 0.328 e. The highest BCUT2D eigenvalue weighted by atomic mass is 16.6. The molecule has 0 N–H and O–H groups in total. The molecule has 0 unspecified atom stereocenters. The van der Waals surface area contributed by atoms with Crippen LogP contribution >= 0.6 is 0 Å². The van der Waals surface area contributed by atoms with Gasteiger partial charge in [-0.05, 0) is 25.0 Å². The maximum Gasteiger partial charge on any atom is 0.328 e. The summed E-state index contributed by atoms with van der Waals surface area (Å²) in [5.74, 6) is -0.836. The average Bonchev–Trinajstić information content (AvgIpc) is 2.93. The normalized spacial score (nSPS) is 16.0. The molecule has 2 aromatic rings. The molecular formula is C18H20N4O5. The van der Waals surface area contributed by atoms with Crippen molar-refractivity contribution in [3.8, 4) is 0 Å². The van der Waals surface area contributed by atoms with Gasteiger partial charge in [-0.2, -0.15) is 5.10 Å². The summed E-state index contributed by atoms with van der Waals surface area (Å²) >= 11 is 0. The molecule has 3 rings (SSSR count). The molecule has 0 spiro atoms. The van der Waals surface area contributed by atoms with Crippen molar-refractivity contribution in [2.75, 3.05) is 7.11 Å². The number of hydrogen-bond acceptors (Lipinski definition) is 6. The number of esters is 1. The second-order valence-electron chi connectivity index (χ2n) is 6.47. The van der Waals surface area contributed by atoms with E-state index in [2.05, 4.69) is 5.10 Å². The zero-order valence-corrected chi connectivity index (χ0v) is 15.3. The lowest BCUT2D eigenvalue weighted by molar-refractivity contribution is -0.386. The predicted octanol–water partition coefficient (Wildman–Crippen LogP) is 1.53. The second kappa shape index (κ2) is 7.18. The number of amides is 1. The third-order valence-electron chi connectivity index (χ3n) is 4.85. The third-order valence-corrected chi connectivity index (χ3v) is 4.85. The van der Waals surface area contributed by atoms with Gasteiger partial charge >= 0.3 is 11.7 Å². The minimum atomic E-state index is -0.732. The van der Waals surface area contributed by atoms with Crippen molar-refractivity contribution in [3.05, 3.63) is 56.9 Å². The van der Waals surface area contributed by atoms with E-state index in [0.29, 0.717) is 12.1 Å². The Morgan fingerprint density at radius 1 is 1.30 bits per heavy atom. The van der Waals surface area contributed by atoms with Crippen LogP contribution in [0, 0.1) is 24.0 Å². The van der Waals surface area contributed by atoms with Crippen molar-refractivity contribution in [2.45, 2.75) is 39.4 Å². The lowest BCUT2D eigenvalue weighted by Crippen LogP contribution is -2.50. The van der Waals surface area contributed by atoms with Gasteiger partial charge in [0.2, 0.25) is 5.91 Å². The summed E-state index contributed by atoms with van der Waals surface area (Å²) in [5, 5.41) is 15.3. The molecule has 142 valence electrons. The van der Waals surface area contributed by atoms with Crippen LogP contribution in [0.4, 0.5) is 5.69 Å². The molecule has 9 nitrogen and oxygen atoms in total. The summed E-state index contributed by atoms with van der Waals surface area (Å²) in [6, 6.07) is 6.88. The van der Waals surface area contributed by atoms with Crippen molar-refractivity contribution in [2.24, 2.45) is 0 Å². The largest absolute Gasteiger partial charge is 0.467 e. The highest BCUT2D eigenvalue weighted by molar-refractivity contribution is 5.85. The molecule has 0 aliphatic carbocycles. The zero-order chi connectivity index (χ0) is 19.7. The van der Waals surface area contributed by atoms with E-state index in [1.807, 2.05) is 24.3 Å². The molecule has 0 radical (unpaired) electrons. The number of methoxy groups -OCH3 is 1. The molecule has 0 saturated heterocycles. The highest BCUT2D eigenvalue weighted by Crippen LogP contribution is 2.26. The van der Waals surface area contributed by atoms with Gasteiger partial charge in [-0.3, -0.25) is 19.6 Å². The number of aromatic nitrogens is 2. The lowest BCUT2D eigenvalue weighted by atomic mass is 9.94. The monoisotopic (exact) mass is 372 g/mol. The first-order valence-electron chi connectivity index (χ1n) is 8.46. The van der Waals surface area contributed by atoms with Crippen molar-refractivity contribution in [1.29, 1.82) is 0 Å². The van der Waals surface area contributed by atoms with E-state index in [4.69, 9.17) is 4.74 Å². The molecular weight excluding hydrogens is 352 g/mol. The highest BCUT2D eigenvalue weighted by Gasteiger charge is 2.36. The van der Waals surface area contributed by atoms with Gasteiger partial charge in [0.15, 0.2) is 0 Å². The Bertz CT molecular complexity index is 920. The number of nitrogens with zero attached hydrogens (tertiary/aromatic N) is 4. The van der Waals surface area contributed by atoms with Gasteiger partial charge in [0.1, 0.15) is 24.0 Å². The fourth-order valence-electron chi connectivity index (χ4n) is 3.46. The number of ether oxygens (including phenoxy) is 1. The Morgan fingerprint density at radius 2 is 1.96 bits per heavy atom. The molecule has 9 heteroatoms. The van der Waals surface area contributed by atoms with Gasteiger partial charge in [0, 0.05) is 13.0 Å². The number of aryl methyl sites for hydroxylation is 1. The predicted molar refractivity (Wildman–Crippen MR) is 94.9 cm³/mol. The Kier molecular flexibility index (Phi) is 4.93. The van der Waals surface area contributed by atoms with Crippen LogP contribution in [0.3, 0.4) is 0 Å². The Balaban J connectivity index is 1.89. The summed E-state index contributed by atoms with van der Waals surface area (Å²) in [6.45, 7) is 3.17. The number of carbonyl (C=O) groups is 2. The van der Waals surface area contributed by atoms with E-state index < -0.39 is 16.9 Å². The molecule has 1 aliphatic heterocycles. The first-order chi connectivity index (χ1) is 12.8. The zero-order valence-electron chi connectivity index (χ0n) is 15.3. The summed E-state index contributed by atoms with van der Waals surface area (Å²) in [4.78, 5) is 37.3. The van der Waals surface area contributed by atoms with Crippen LogP contribution in [-0.4, -0.2) is 44.6 Å². The summed E-state index contributed by atoms with van der Waals surface area (Å²) in [7, 11) is 1.29. The minimum absolute atomic E-state index is 0.101. The number of carbonyl (C=O) groups excluding carboxylic acids is 2. The van der Waals surface area contributed by atoms with Crippen molar-refractivity contribution in [1.82, 2.24) is 14.7 Å². The minimum Gasteiger partial charge on any atom is -0.467 e. The molecule has 2 heterocycles. The first-order valence-corrected chi connectivity index (χ1v) is 8.46. The standard InChI is InChI=1S/C18H20N4O5/c1-11-17(22(25)26)12(2)21(19-11)10-16(23)20-9-14-7-5-4-6-13(14)8-15(20)18(24)27-3/h4-7,15H,8-10H2,1-3H3/t15-/m1/s1. The van der Waals surface area contributed by atoms with Crippen molar-refractivity contribution < 1.29 is 19.2 Å². The molecule has 1 amide bonds. The first kappa shape index (κ1) is 18.6. The Labute approximate surface area is 155 Å². The van der Waals surface area contributed by atoms with Gasteiger partial charge in [0.25, 0.3) is 0 Å². The number of fused-ring (bicyclic) bond motifs is 1. The number of rotatable bonds is 4. The Hall–Kier alpha value is -3.23. The van der Waals surface area contributed by atoms with Gasteiger partial charge < -0.3 is 9.64 Å². The van der Waals surface area contributed by atoms with Crippen LogP contribution in [0.1, 0.15) is 22.5 Å². The van der Waals surface area contributed by atoms with Crippen LogP contribution in [0.25, 0.3) is 0 Å².